The molecule has 4 heteroatoms. The van der Waals surface area contributed by atoms with Crippen molar-refractivity contribution in [2.45, 2.75) is 46.0 Å². The van der Waals surface area contributed by atoms with Crippen LogP contribution in [-0.4, -0.2) is 24.0 Å². The maximum absolute atomic E-state index is 12.2. The van der Waals surface area contributed by atoms with E-state index < -0.39 is 0 Å². The lowest BCUT2D eigenvalue weighted by atomic mass is 9.81. The number of nitrogens with one attached hydrogen (secondary N) is 2. The first-order valence-electron chi connectivity index (χ1n) is 8.17. The number of hydrogen-bond acceptors (Lipinski definition) is 3. The van der Waals surface area contributed by atoms with Gasteiger partial charge in [-0.15, -0.1) is 0 Å². The second-order valence-electron chi connectivity index (χ2n) is 6.10. The van der Waals surface area contributed by atoms with Crippen molar-refractivity contribution in [2.24, 2.45) is 11.8 Å². The Kier molecular flexibility index (Phi) is 6.03. The van der Waals surface area contributed by atoms with E-state index in [1.165, 1.54) is 25.7 Å². The highest BCUT2D eigenvalue weighted by molar-refractivity contribution is 5.98. The molecule has 0 bridgehead atoms. The second-order valence-corrected chi connectivity index (χ2v) is 6.10. The maximum Gasteiger partial charge on any atom is 0.255 e. The van der Waals surface area contributed by atoms with Crippen molar-refractivity contribution in [3.63, 3.8) is 0 Å². The fourth-order valence-electron chi connectivity index (χ4n) is 3.00. The normalized spacial score (nSPS) is 21.8. The summed E-state index contributed by atoms with van der Waals surface area (Å²) >= 11 is 0. The fraction of sp³-hybridized carbons (Fsp3) is 0.647. The summed E-state index contributed by atoms with van der Waals surface area (Å²) in [7, 11) is 0. The summed E-state index contributed by atoms with van der Waals surface area (Å²) in [4.78, 5) is 16.5. The van der Waals surface area contributed by atoms with Gasteiger partial charge in [0.25, 0.3) is 5.91 Å². The zero-order chi connectivity index (χ0) is 15.1. The molecule has 4 nitrogen and oxygen atoms in total. The minimum Gasteiger partial charge on any atom is -0.370 e. The molecule has 0 saturated heterocycles. The van der Waals surface area contributed by atoms with Crippen LogP contribution < -0.4 is 10.6 Å². The van der Waals surface area contributed by atoms with Gasteiger partial charge in [0, 0.05) is 19.3 Å². The molecule has 0 aromatic carbocycles. The van der Waals surface area contributed by atoms with Gasteiger partial charge >= 0.3 is 0 Å². The summed E-state index contributed by atoms with van der Waals surface area (Å²) in [6.45, 7) is 5.86. The van der Waals surface area contributed by atoms with Crippen LogP contribution in [0.2, 0.25) is 0 Å². The van der Waals surface area contributed by atoms with Crippen molar-refractivity contribution in [2.75, 3.05) is 18.4 Å². The van der Waals surface area contributed by atoms with E-state index in [1.54, 1.807) is 12.3 Å². The van der Waals surface area contributed by atoms with E-state index in [-0.39, 0.29) is 5.91 Å². The van der Waals surface area contributed by atoms with Crippen LogP contribution in [0.1, 0.15) is 56.3 Å². The summed E-state index contributed by atoms with van der Waals surface area (Å²) in [6, 6.07) is 3.63. The van der Waals surface area contributed by atoms with Crippen LogP contribution in [-0.2, 0) is 0 Å². The Labute approximate surface area is 127 Å². The van der Waals surface area contributed by atoms with Gasteiger partial charge in [0.1, 0.15) is 5.82 Å². The number of hydrogen-bond donors (Lipinski definition) is 2. The monoisotopic (exact) mass is 289 g/mol. The smallest absolute Gasteiger partial charge is 0.255 e. The Balaban J connectivity index is 1.79. The predicted molar refractivity (Wildman–Crippen MR) is 86.5 cm³/mol. The highest BCUT2D eigenvalue weighted by Gasteiger charge is 2.18. The van der Waals surface area contributed by atoms with Crippen LogP contribution in [0.5, 0.6) is 0 Å². The van der Waals surface area contributed by atoms with Gasteiger partial charge in [0.05, 0.1) is 5.56 Å². The summed E-state index contributed by atoms with van der Waals surface area (Å²) in [5.74, 6) is 2.31. The molecule has 21 heavy (non-hydrogen) atoms. The molecule has 1 aliphatic carbocycles. The van der Waals surface area contributed by atoms with Crippen LogP contribution in [0, 0.1) is 11.8 Å². The quantitative estimate of drug-likeness (QED) is 0.843. The van der Waals surface area contributed by atoms with Crippen LogP contribution in [0.15, 0.2) is 18.3 Å². The van der Waals surface area contributed by atoms with E-state index in [2.05, 4.69) is 22.5 Å². The average Bonchev–Trinajstić information content (AvgIpc) is 2.50. The number of nitrogens with zero attached hydrogens (tertiary/aromatic N) is 1. The first-order valence-corrected chi connectivity index (χ1v) is 8.17. The molecule has 1 aromatic heterocycles. The molecule has 2 N–H and O–H groups in total. The highest BCUT2D eigenvalue weighted by atomic mass is 16.1. The highest BCUT2D eigenvalue weighted by Crippen LogP contribution is 2.29. The lowest BCUT2D eigenvalue weighted by Gasteiger charge is -2.26. The van der Waals surface area contributed by atoms with Crippen molar-refractivity contribution in [1.29, 1.82) is 0 Å². The number of carbonyl (C=O) groups excluding carboxylic acids is 1. The van der Waals surface area contributed by atoms with E-state index >= 15 is 0 Å². The molecule has 1 fully saturated rings. The van der Waals surface area contributed by atoms with E-state index in [1.807, 2.05) is 13.0 Å². The molecular formula is C17H27N3O. The minimum absolute atomic E-state index is 0.0248. The number of anilines is 1. The zero-order valence-electron chi connectivity index (χ0n) is 13.2. The largest absolute Gasteiger partial charge is 0.370 e. The molecule has 1 aliphatic rings. The summed E-state index contributed by atoms with van der Waals surface area (Å²) in [5, 5.41) is 6.17. The lowest BCUT2D eigenvalue weighted by Crippen LogP contribution is -2.27. The molecule has 0 spiro atoms. The van der Waals surface area contributed by atoms with Gasteiger partial charge in [-0.1, -0.05) is 32.6 Å². The molecule has 1 aromatic rings. The molecule has 0 unspecified atom stereocenters. The van der Waals surface area contributed by atoms with Crippen molar-refractivity contribution in [3.8, 4) is 0 Å². The minimum atomic E-state index is -0.0248. The molecule has 1 amide bonds. The van der Waals surface area contributed by atoms with Crippen LogP contribution in [0.4, 0.5) is 5.82 Å². The van der Waals surface area contributed by atoms with E-state index in [0.717, 1.165) is 31.3 Å². The third-order valence-corrected chi connectivity index (χ3v) is 4.37. The second kappa shape index (κ2) is 8.01. The summed E-state index contributed by atoms with van der Waals surface area (Å²) in [5.41, 5.74) is 0.636. The fourth-order valence-corrected chi connectivity index (χ4v) is 3.00. The SMILES string of the molecule is CCNc1ncccc1C(=O)NCCC1CCC(C)CC1. The molecule has 0 aliphatic heterocycles. The molecular weight excluding hydrogens is 262 g/mol. The van der Waals surface area contributed by atoms with Gasteiger partial charge in [-0.3, -0.25) is 4.79 Å². The molecule has 1 heterocycles. The number of amides is 1. The van der Waals surface area contributed by atoms with E-state index in [0.29, 0.717) is 11.4 Å². The van der Waals surface area contributed by atoms with Crippen molar-refractivity contribution >= 4 is 11.7 Å². The maximum atomic E-state index is 12.2. The molecule has 0 radical (unpaired) electrons. The van der Waals surface area contributed by atoms with Crippen LogP contribution in [0.3, 0.4) is 0 Å². The average molecular weight is 289 g/mol. The molecule has 0 atom stereocenters. The van der Waals surface area contributed by atoms with Gasteiger partial charge in [-0.05, 0) is 37.3 Å². The van der Waals surface area contributed by atoms with E-state index in [9.17, 15) is 4.79 Å². The molecule has 116 valence electrons. The number of aromatic nitrogens is 1. The van der Waals surface area contributed by atoms with Gasteiger partial charge in [-0.25, -0.2) is 4.98 Å². The summed E-state index contributed by atoms with van der Waals surface area (Å²) < 4.78 is 0. The first-order chi connectivity index (χ1) is 10.2. The summed E-state index contributed by atoms with van der Waals surface area (Å²) in [6.07, 6.45) is 8.10. The van der Waals surface area contributed by atoms with E-state index in [4.69, 9.17) is 0 Å². The topological polar surface area (TPSA) is 54.0 Å². The third-order valence-electron chi connectivity index (χ3n) is 4.37. The number of pyridine rings is 1. The lowest BCUT2D eigenvalue weighted by molar-refractivity contribution is 0.0950. The number of carbonyl (C=O) groups is 1. The Bertz CT molecular complexity index is 453. The van der Waals surface area contributed by atoms with Gasteiger partial charge in [-0.2, -0.15) is 0 Å². The van der Waals surface area contributed by atoms with Gasteiger partial charge in [0.15, 0.2) is 0 Å². The Morgan fingerprint density at radius 1 is 1.33 bits per heavy atom. The standard InChI is InChI=1S/C17H27N3O/c1-3-18-16-15(5-4-11-19-16)17(21)20-12-10-14-8-6-13(2)7-9-14/h4-5,11,13-14H,3,6-10,12H2,1-2H3,(H,18,19)(H,20,21). The zero-order valence-corrected chi connectivity index (χ0v) is 13.2. The molecule has 1 saturated carbocycles. The van der Waals surface area contributed by atoms with Gasteiger partial charge in [0.2, 0.25) is 0 Å². The van der Waals surface area contributed by atoms with Crippen molar-refractivity contribution < 1.29 is 4.79 Å². The van der Waals surface area contributed by atoms with Gasteiger partial charge < -0.3 is 10.6 Å². The van der Waals surface area contributed by atoms with Crippen molar-refractivity contribution in [1.82, 2.24) is 10.3 Å². The predicted octanol–water partition coefficient (Wildman–Crippen LogP) is 3.46. The Morgan fingerprint density at radius 3 is 2.81 bits per heavy atom. The van der Waals surface area contributed by atoms with Crippen molar-refractivity contribution in [3.05, 3.63) is 23.9 Å². The Hall–Kier alpha value is -1.58. The van der Waals surface area contributed by atoms with Crippen LogP contribution in [0.25, 0.3) is 0 Å². The Morgan fingerprint density at radius 2 is 2.10 bits per heavy atom. The third kappa shape index (κ3) is 4.73. The first kappa shape index (κ1) is 15.8. The number of rotatable bonds is 6. The molecule has 2 rings (SSSR count). The van der Waals surface area contributed by atoms with Crippen LogP contribution >= 0.6 is 0 Å².